The molecule has 2 amide bonds. The van der Waals surface area contributed by atoms with Gasteiger partial charge in [0.25, 0.3) is 0 Å². The van der Waals surface area contributed by atoms with Crippen LogP contribution in [0.2, 0.25) is 0 Å². The number of anilines is 1. The lowest BCUT2D eigenvalue weighted by atomic mass is 9.97. The molecule has 140 valence electrons. The maximum absolute atomic E-state index is 12.6. The molecule has 1 atom stereocenters. The maximum atomic E-state index is 12.6. The van der Waals surface area contributed by atoms with Gasteiger partial charge < -0.3 is 15.4 Å². The normalized spacial score (nSPS) is 11.8. The van der Waals surface area contributed by atoms with Crippen LogP contribution >= 0.6 is 0 Å². The van der Waals surface area contributed by atoms with E-state index in [1.807, 2.05) is 43.3 Å². The fourth-order valence-electron chi connectivity index (χ4n) is 2.78. The summed E-state index contributed by atoms with van der Waals surface area (Å²) in [7, 11) is 3.20. The van der Waals surface area contributed by atoms with Gasteiger partial charge in [-0.1, -0.05) is 24.3 Å². The number of hydrogen-bond acceptors (Lipinski definition) is 4. The van der Waals surface area contributed by atoms with E-state index in [-0.39, 0.29) is 24.3 Å². The molecular formula is C20H22N4O3. The van der Waals surface area contributed by atoms with E-state index in [9.17, 15) is 9.59 Å². The van der Waals surface area contributed by atoms with E-state index in [0.29, 0.717) is 5.69 Å². The van der Waals surface area contributed by atoms with Crippen molar-refractivity contribution < 1.29 is 14.3 Å². The molecule has 27 heavy (non-hydrogen) atoms. The van der Waals surface area contributed by atoms with E-state index in [4.69, 9.17) is 4.74 Å². The summed E-state index contributed by atoms with van der Waals surface area (Å²) in [4.78, 5) is 24.0. The number of methoxy groups -OCH3 is 1. The van der Waals surface area contributed by atoms with Crippen LogP contribution in [0.5, 0.6) is 5.75 Å². The number of rotatable bonds is 6. The Morgan fingerprint density at radius 3 is 2.67 bits per heavy atom. The van der Waals surface area contributed by atoms with Gasteiger partial charge in [0.2, 0.25) is 11.8 Å². The third-order valence-electron chi connectivity index (χ3n) is 4.45. The van der Waals surface area contributed by atoms with E-state index in [2.05, 4.69) is 15.7 Å². The topological polar surface area (TPSA) is 85.2 Å². The maximum Gasteiger partial charge on any atom is 0.241 e. The van der Waals surface area contributed by atoms with Crippen molar-refractivity contribution in [3.05, 3.63) is 54.4 Å². The number of likely N-dealkylation sites (N-methyl/N-ethyl adjacent to an activating group) is 1. The van der Waals surface area contributed by atoms with E-state index >= 15 is 0 Å². The first kappa shape index (κ1) is 18.4. The molecular weight excluding hydrogens is 344 g/mol. The summed E-state index contributed by atoms with van der Waals surface area (Å²) >= 11 is 0. The second-order valence-corrected chi connectivity index (χ2v) is 6.28. The van der Waals surface area contributed by atoms with Crippen LogP contribution in [0.15, 0.2) is 48.8 Å². The molecule has 7 nitrogen and oxygen atoms in total. The zero-order valence-electron chi connectivity index (χ0n) is 15.5. The molecule has 0 aliphatic rings. The zero-order chi connectivity index (χ0) is 19.4. The van der Waals surface area contributed by atoms with E-state index in [1.54, 1.807) is 20.4 Å². The van der Waals surface area contributed by atoms with Crippen molar-refractivity contribution in [2.24, 2.45) is 0 Å². The highest BCUT2D eigenvalue weighted by Gasteiger charge is 2.17. The quantitative estimate of drug-likeness (QED) is 0.702. The number of fused-ring (bicyclic) bond motifs is 1. The molecule has 1 aromatic heterocycles. The Morgan fingerprint density at radius 1 is 1.19 bits per heavy atom. The van der Waals surface area contributed by atoms with Crippen molar-refractivity contribution in [3.8, 4) is 5.75 Å². The Morgan fingerprint density at radius 2 is 1.93 bits per heavy atom. The van der Waals surface area contributed by atoms with Crippen molar-refractivity contribution in [3.63, 3.8) is 0 Å². The molecule has 0 saturated carbocycles. The lowest BCUT2D eigenvalue weighted by Gasteiger charge is -2.13. The summed E-state index contributed by atoms with van der Waals surface area (Å²) in [5.41, 5.74) is 1.48. The fraction of sp³-hybridized carbons (Fsp3) is 0.250. The highest BCUT2D eigenvalue weighted by atomic mass is 16.5. The van der Waals surface area contributed by atoms with Crippen molar-refractivity contribution >= 4 is 28.3 Å². The highest BCUT2D eigenvalue weighted by molar-refractivity contribution is 5.96. The van der Waals surface area contributed by atoms with Crippen molar-refractivity contribution in [2.75, 3.05) is 19.5 Å². The van der Waals surface area contributed by atoms with Gasteiger partial charge in [-0.3, -0.25) is 14.3 Å². The number of hydrogen-bond donors (Lipinski definition) is 2. The van der Waals surface area contributed by atoms with Crippen LogP contribution < -0.4 is 15.4 Å². The second kappa shape index (κ2) is 7.90. The monoisotopic (exact) mass is 366 g/mol. The molecule has 0 aliphatic heterocycles. The van der Waals surface area contributed by atoms with Crippen LogP contribution in [0, 0.1) is 0 Å². The van der Waals surface area contributed by atoms with Crippen LogP contribution in [0.25, 0.3) is 10.8 Å². The Hall–Kier alpha value is -3.35. The molecule has 3 aromatic rings. The summed E-state index contributed by atoms with van der Waals surface area (Å²) in [6.07, 6.45) is 3.16. The van der Waals surface area contributed by atoms with E-state index in [0.717, 1.165) is 22.1 Å². The van der Waals surface area contributed by atoms with E-state index in [1.165, 1.54) is 10.9 Å². The predicted octanol–water partition coefficient (Wildman–Crippen LogP) is 2.53. The summed E-state index contributed by atoms with van der Waals surface area (Å²) in [6.45, 7) is 1.96. The van der Waals surface area contributed by atoms with Crippen LogP contribution in [0.1, 0.15) is 18.4 Å². The van der Waals surface area contributed by atoms with Crippen molar-refractivity contribution in [1.82, 2.24) is 15.1 Å². The number of carbonyl (C=O) groups is 2. The van der Waals surface area contributed by atoms with Gasteiger partial charge in [-0.15, -0.1) is 0 Å². The zero-order valence-corrected chi connectivity index (χ0v) is 15.5. The first-order chi connectivity index (χ1) is 13.0. The van der Waals surface area contributed by atoms with Gasteiger partial charge in [0.05, 0.1) is 24.9 Å². The second-order valence-electron chi connectivity index (χ2n) is 6.28. The molecule has 0 spiro atoms. The first-order valence-electron chi connectivity index (χ1n) is 8.61. The van der Waals surface area contributed by atoms with Gasteiger partial charge in [-0.25, -0.2) is 0 Å². The molecule has 3 rings (SSSR count). The molecule has 2 aromatic carbocycles. The van der Waals surface area contributed by atoms with E-state index < -0.39 is 0 Å². The Bertz CT molecular complexity index is 980. The molecule has 0 radical (unpaired) electrons. The first-order valence-corrected chi connectivity index (χ1v) is 8.61. The van der Waals surface area contributed by atoms with Gasteiger partial charge in [-0.2, -0.15) is 5.10 Å². The fourth-order valence-corrected chi connectivity index (χ4v) is 2.78. The number of nitrogens with one attached hydrogen (secondary N) is 2. The largest absolute Gasteiger partial charge is 0.497 e. The highest BCUT2D eigenvalue weighted by Crippen LogP contribution is 2.25. The summed E-state index contributed by atoms with van der Waals surface area (Å²) in [5.74, 6) is 0.174. The van der Waals surface area contributed by atoms with Crippen LogP contribution in [-0.2, 0) is 16.1 Å². The van der Waals surface area contributed by atoms with Crippen LogP contribution in [0.3, 0.4) is 0 Å². The Kier molecular flexibility index (Phi) is 5.40. The van der Waals surface area contributed by atoms with Crippen LogP contribution in [0.4, 0.5) is 5.69 Å². The number of nitrogens with zero attached hydrogens (tertiary/aromatic N) is 2. The molecule has 7 heteroatoms. The van der Waals surface area contributed by atoms with Gasteiger partial charge in [-0.05, 0) is 35.4 Å². The molecule has 0 aliphatic carbocycles. The van der Waals surface area contributed by atoms with Crippen molar-refractivity contribution in [2.45, 2.75) is 19.4 Å². The summed E-state index contributed by atoms with van der Waals surface area (Å²) in [6, 6.07) is 11.8. The summed E-state index contributed by atoms with van der Waals surface area (Å²) < 4.78 is 6.72. The van der Waals surface area contributed by atoms with Gasteiger partial charge in [0, 0.05) is 13.2 Å². The standard InChI is InChI=1S/C20H22N4O3/c1-13(14-4-5-16-9-18(27-3)7-6-15(16)8-14)20(26)23-17-10-22-24(11-17)12-19(25)21-2/h4-11,13H,12H2,1-3H3,(H,21,25)(H,23,26)/t13-/m0/s1. The third-order valence-corrected chi connectivity index (χ3v) is 4.45. The lowest BCUT2D eigenvalue weighted by Crippen LogP contribution is -2.23. The Balaban J connectivity index is 1.71. The minimum absolute atomic E-state index is 0.107. The van der Waals surface area contributed by atoms with Crippen molar-refractivity contribution in [1.29, 1.82) is 0 Å². The average Bonchev–Trinajstić information content (AvgIpc) is 3.12. The minimum Gasteiger partial charge on any atom is -0.497 e. The number of ether oxygens (including phenoxy) is 1. The predicted molar refractivity (Wildman–Crippen MR) is 104 cm³/mol. The molecule has 0 bridgehead atoms. The minimum atomic E-state index is -0.334. The number of benzene rings is 2. The molecule has 0 saturated heterocycles. The molecule has 0 fully saturated rings. The van der Waals surface area contributed by atoms with Crippen LogP contribution in [-0.4, -0.2) is 35.8 Å². The van der Waals surface area contributed by atoms with Gasteiger partial charge in [0.1, 0.15) is 12.3 Å². The number of amides is 2. The molecule has 2 N–H and O–H groups in total. The SMILES string of the molecule is CNC(=O)Cn1cc(NC(=O)[C@@H](C)c2ccc3cc(OC)ccc3c2)cn1. The Labute approximate surface area is 157 Å². The summed E-state index contributed by atoms with van der Waals surface area (Å²) in [5, 5.41) is 11.6. The third kappa shape index (κ3) is 4.25. The molecule has 0 unspecified atom stereocenters. The number of carbonyl (C=O) groups excluding carboxylic acids is 2. The van der Waals surface area contributed by atoms with Gasteiger partial charge >= 0.3 is 0 Å². The smallest absolute Gasteiger partial charge is 0.241 e. The average molecular weight is 366 g/mol. The molecule has 1 heterocycles. The lowest BCUT2D eigenvalue weighted by molar-refractivity contribution is -0.121. The van der Waals surface area contributed by atoms with Gasteiger partial charge in [0.15, 0.2) is 0 Å². The number of aromatic nitrogens is 2.